The first-order valence-electron chi connectivity index (χ1n) is 7.74. The van der Waals surface area contributed by atoms with Gasteiger partial charge in [-0.05, 0) is 64.0 Å². The molecule has 0 aromatic rings. The average Bonchev–Trinajstić information content (AvgIpc) is 2.54. The Bertz CT molecular complexity index is 373. The van der Waals surface area contributed by atoms with Crippen LogP contribution >= 0.6 is 0 Å². The number of rotatable bonds is 6. The molecule has 0 radical (unpaired) electrons. The summed E-state index contributed by atoms with van der Waals surface area (Å²) in [4.78, 5) is 11.7. The first-order valence-corrected chi connectivity index (χ1v) is 7.74. The third kappa shape index (κ3) is 5.81. The number of hydrogen-bond donors (Lipinski definition) is 1. The number of amides is 1. The van der Waals surface area contributed by atoms with Gasteiger partial charge in [-0.15, -0.1) is 0 Å². The largest absolute Gasteiger partial charge is 0.491 e. The molecule has 0 spiro atoms. The zero-order valence-corrected chi connectivity index (χ0v) is 13.4. The molecular weight excluding hydrogens is 250 g/mol. The van der Waals surface area contributed by atoms with Crippen LogP contribution in [0.15, 0.2) is 24.0 Å². The van der Waals surface area contributed by atoms with E-state index in [1.165, 1.54) is 0 Å². The molecule has 1 aliphatic heterocycles. The molecule has 1 rings (SSSR count). The molecule has 0 aromatic heterocycles. The molecule has 20 heavy (non-hydrogen) atoms. The van der Waals surface area contributed by atoms with Crippen molar-refractivity contribution in [1.29, 1.82) is 0 Å². The summed E-state index contributed by atoms with van der Waals surface area (Å²) in [6.45, 7) is 12.2. The van der Waals surface area contributed by atoms with Crippen LogP contribution < -0.4 is 5.32 Å². The van der Waals surface area contributed by atoms with Crippen molar-refractivity contribution in [3.8, 4) is 0 Å². The average molecular weight is 279 g/mol. The van der Waals surface area contributed by atoms with Crippen LogP contribution in [0, 0.1) is 5.92 Å². The fraction of sp³-hybridized carbons (Fsp3) is 0.706. The normalized spacial score (nSPS) is 25.6. The van der Waals surface area contributed by atoms with Crippen LogP contribution in [-0.2, 0) is 9.53 Å². The van der Waals surface area contributed by atoms with E-state index in [9.17, 15) is 4.79 Å². The van der Waals surface area contributed by atoms with Gasteiger partial charge in [-0.2, -0.15) is 0 Å². The third-order valence-electron chi connectivity index (χ3n) is 3.85. The van der Waals surface area contributed by atoms with E-state index in [2.05, 4.69) is 38.7 Å². The van der Waals surface area contributed by atoms with E-state index in [0.717, 1.165) is 37.0 Å². The molecule has 1 aliphatic rings. The van der Waals surface area contributed by atoms with Gasteiger partial charge < -0.3 is 10.1 Å². The molecule has 2 unspecified atom stereocenters. The van der Waals surface area contributed by atoms with Crippen LogP contribution in [0.5, 0.6) is 0 Å². The first kappa shape index (κ1) is 16.8. The zero-order chi connectivity index (χ0) is 15.1. The van der Waals surface area contributed by atoms with Gasteiger partial charge >= 0.3 is 0 Å². The molecule has 3 nitrogen and oxygen atoms in total. The summed E-state index contributed by atoms with van der Waals surface area (Å²) in [5, 5.41) is 3.02. The molecule has 1 fully saturated rings. The minimum Gasteiger partial charge on any atom is -0.491 e. The Morgan fingerprint density at radius 2 is 2.25 bits per heavy atom. The number of carbonyl (C=O) groups is 1. The van der Waals surface area contributed by atoms with Crippen LogP contribution in [0.25, 0.3) is 0 Å². The Labute approximate surface area is 123 Å². The van der Waals surface area contributed by atoms with Gasteiger partial charge in [0.2, 0.25) is 5.91 Å². The van der Waals surface area contributed by atoms with Crippen LogP contribution in [-0.4, -0.2) is 18.1 Å². The zero-order valence-electron chi connectivity index (χ0n) is 13.4. The molecule has 114 valence electrons. The van der Waals surface area contributed by atoms with Crippen LogP contribution in [0.3, 0.4) is 0 Å². The number of carbonyl (C=O) groups excluding carboxylic acids is 1. The second-order valence-electron chi connectivity index (χ2n) is 6.04. The van der Waals surface area contributed by atoms with E-state index in [-0.39, 0.29) is 12.0 Å². The Morgan fingerprint density at radius 1 is 1.55 bits per heavy atom. The second kappa shape index (κ2) is 8.13. The maximum Gasteiger partial charge on any atom is 0.220 e. The molecule has 1 heterocycles. The minimum atomic E-state index is 0.174. The van der Waals surface area contributed by atoms with Crippen LogP contribution in [0.2, 0.25) is 0 Å². The fourth-order valence-electron chi connectivity index (χ4n) is 2.35. The lowest BCUT2D eigenvalue weighted by Crippen LogP contribution is -2.30. The van der Waals surface area contributed by atoms with Crippen molar-refractivity contribution in [1.82, 2.24) is 5.32 Å². The van der Waals surface area contributed by atoms with Gasteiger partial charge in [0.05, 0.1) is 6.10 Å². The Balaban J connectivity index is 2.61. The SMILES string of the molecule is C=C(C)/C(=C\CC1CC[C@@H](C)NC(=O)C1)OC(C)CC. The number of allylic oxidation sites excluding steroid dienone is 2. The maximum absolute atomic E-state index is 11.7. The predicted octanol–water partition coefficient (Wildman–Crippen LogP) is 3.96. The highest BCUT2D eigenvalue weighted by Crippen LogP contribution is 2.23. The molecule has 0 aromatic carbocycles. The molecule has 1 saturated heterocycles. The Kier molecular flexibility index (Phi) is 6.83. The summed E-state index contributed by atoms with van der Waals surface area (Å²) in [5.41, 5.74) is 0.955. The van der Waals surface area contributed by atoms with E-state index in [1.807, 2.05) is 6.92 Å². The van der Waals surface area contributed by atoms with Crippen molar-refractivity contribution in [2.45, 2.75) is 71.9 Å². The van der Waals surface area contributed by atoms with E-state index >= 15 is 0 Å². The summed E-state index contributed by atoms with van der Waals surface area (Å²) in [6.07, 6.45) is 6.95. The molecule has 3 atom stereocenters. The summed E-state index contributed by atoms with van der Waals surface area (Å²) in [6, 6.07) is 0.299. The molecule has 0 bridgehead atoms. The highest BCUT2D eigenvalue weighted by molar-refractivity contribution is 5.76. The van der Waals surface area contributed by atoms with Crippen molar-refractivity contribution in [2.24, 2.45) is 5.92 Å². The van der Waals surface area contributed by atoms with E-state index in [1.54, 1.807) is 0 Å². The van der Waals surface area contributed by atoms with Crippen molar-refractivity contribution in [3.05, 3.63) is 24.0 Å². The van der Waals surface area contributed by atoms with E-state index in [4.69, 9.17) is 4.74 Å². The molecular formula is C17H29NO2. The summed E-state index contributed by atoms with van der Waals surface area (Å²) in [5.74, 6) is 1.47. The standard InChI is InChI=1S/C17H29NO2/c1-6-14(5)20-16(12(2)3)10-9-15-8-7-13(4)18-17(19)11-15/h10,13-15H,2,6-9,11H2,1,3-5H3,(H,18,19)/b16-10+/t13-,14?,15?/m1/s1. The molecule has 1 N–H and O–H groups in total. The fourth-order valence-corrected chi connectivity index (χ4v) is 2.35. The highest BCUT2D eigenvalue weighted by Gasteiger charge is 2.20. The Hall–Kier alpha value is -1.25. The van der Waals surface area contributed by atoms with Gasteiger partial charge in [0.25, 0.3) is 0 Å². The summed E-state index contributed by atoms with van der Waals surface area (Å²) in [7, 11) is 0. The first-order chi connectivity index (χ1) is 9.42. The van der Waals surface area contributed by atoms with Crippen molar-refractivity contribution in [2.75, 3.05) is 0 Å². The quantitative estimate of drug-likeness (QED) is 0.590. The predicted molar refractivity (Wildman–Crippen MR) is 83.3 cm³/mol. The van der Waals surface area contributed by atoms with E-state index in [0.29, 0.717) is 18.4 Å². The molecule has 1 amide bonds. The molecule has 0 aliphatic carbocycles. The lowest BCUT2D eigenvalue weighted by atomic mass is 9.95. The third-order valence-corrected chi connectivity index (χ3v) is 3.85. The molecule has 3 heteroatoms. The van der Waals surface area contributed by atoms with Gasteiger partial charge in [0.15, 0.2) is 0 Å². The highest BCUT2D eigenvalue weighted by atomic mass is 16.5. The monoisotopic (exact) mass is 279 g/mol. The van der Waals surface area contributed by atoms with Gasteiger partial charge in [-0.25, -0.2) is 0 Å². The lowest BCUT2D eigenvalue weighted by Gasteiger charge is -2.17. The van der Waals surface area contributed by atoms with Crippen LogP contribution in [0.1, 0.15) is 59.8 Å². The van der Waals surface area contributed by atoms with Crippen molar-refractivity contribution >= 4 is 5.91 Å². The molecule has 0 saturated carbocycles. The number of nitrogens with one attached hydrogen (secondary N) is 1. The van der Waals surface area contributed by atoms with Gasteiger partial charge in [0, 0.05) is 12.5 Å². The Morgan fingerprint density at radius 3 is 2.85 bits per heavy atom. The number of hydrogen-bond acceptors (Lipinski definition) is 2. The smallest absolute Gasteiger partial charge is 0.220 e. The van der Waals surface area contributed by atoms with Crippen molar-refractivity contribution < 1.29 is 9.53 Å². The van der Waals surface area contributed by atoms with Gasteiger partial charge in [-0.3, -0.25) is 4.79 Å². The van der Waals surface area contributed by atoms with Gasteiger partial charge in [0.1, 0.15) is 5.76 Å². The summed E-state index contributed by atoms with van der Waals surface area (Å²) >= 11 is 0. The van der Waals surface area contributed by atoms with Crippen LogP contribution in [0.4, 0.5) is 0 Å². The van der Waals surface area contributed by atoms with E-state index < -0.39 is 0 Å². The summed E-state index contributed by atoms with van der Waals surface area (Å²) < 4.78 is 5.89. The second-order valence-corrected chi connectivity index (χ2v) is 6.04. The minimum absolute atomic E-state index is 0.174. The number of ether oxygens (including phenoxy) is 1. The van der Waals surface area contributed by atoms with Crippen molar-refractivity contribution in [3.63, 3.8) is 0 Å². The lowest BCUT2D eigenvalue weighted by molar-refractivity contribution is -0.121. The van der Waals surface area contributed by atoms with Gasteiger partial charge in [-0.1, -0.05) is 13.5 Å². The maximum atomic E-state index is 11.7. The topological polar surface area (TPSA) is 38.3 Å².